The smallest absolute Gasteiger partial charge is 0.294 e. The van der Waals surface area contributed by atoms with E-state index in [0.29, 0.717) is 5.69 Å². The summed E-state index contributed by atoms with van der Waals surface area (Å²) in [7, 11) is 0. The summed E-state index contributed by atoms with van der Waals surface area (Å²) >= 11 is 5.85. The molecule has 2 heterocycles. The first kappa shape index (κ1) is 18.1. The number of anilines is 1. The Labute approximate surface area is 154 Å². The number of hydrogen-bond acceptors (Lipinski definition) is 4. The van der Waals surface area contributed by atoms with Crippen LogP contribution in [0.2, 0.25) is 5.02 Å². The number of halogens is 2. The molecule has 0 aliphatic carbocycles. The molecule has 0 spiro atoms. The largest absolute Gasteiger partial charge is 0.503 e. The van der Waals surface area contributed by atoms with Crippen LogP contribution >= 0.6 is 11.6 Å². The Hall–Kier alpha value is -2.73. The molecule has 1 atom stereocenters. The van der Waals surface area contributed by atoms with Gasteiger partial charge in [-0.15, -0.1) is 0 Å². The summed E-state index contributed by atoms with van der Waals surface area (Å²) in [5, 5.41) is 10.2. The van der Waals surface area contributed by atoms with Gasteiger partial charge in [0.2, 0.25) is 0 Å². The third kappa shape index (κ3) is 2.97. The van der Waals surface area contributed by atoms with E-state index in [-0.39, 0.29) is 22.1 Å². The SMILES string of the molecule is CC(C)C(=O)C1=C(O)C(=O)N(c2ccc(F)c(Cl)c2)C1c1ccccn1. The van der Waals surface area contributed by atoms with Crippen molar-refractivity contribution < 1.29 is 19.1 Å². The number of pyridine rings is 1. The van der Waals surface area contributed by atoms with Crippen molar-refractivity contribution in [3.63, 3.8) is 0 Å². The van der Waals surface area contributed by atoms with Crippen molar-refractivity contribution in [2.45, 2.75) is 19.9 Å². The molecule has 134 valence electrons. The first-order valence-corrected chi connectivity index (χ1v) is 8.37. The summed E-state index contributed by atoms with van der Waals surface area (Å²) < 4.78 is 13.5. The van der Waals surface area contributed by atoms with Crippen molar-refractivity contribution >= 4 is 29.0 Å². The summed E-state index contributed by atoms with van der Waals surface area (Å²) in [5.41, 5.74) is 0.647. The van der Waals surface area contributed by atoms with E-state index in [2.05, 4.69) is 4.98 Å². The maximum atomic E-state index is 13.5. The molecule has 0 saturated carbocycles. The Balaban J connectivity index is 2.19. The fourth-order valence-electron chi connectivity index (χ4n) is 2.89. The Kier molecular flexibility index (Phi) is 4.78. The monoisotopic (exact) mass is 374 g/mol. The topological polar surface area (TPSA) is 70.5 Å². The second-order valence-corrected chi connectivity index (χ2v) is 6.62. The number of nitrogens with zero attached hydrogens (tertiary/aromatic N) is 2. The average Bonchev–Trinajstić information content (AvgIpc) is 2.89. The number of rotatable bonds is 4. The van der Waals surface area contributed by atoms with Gasteiger partial charge in [-0.05, 0) is 30.3 Å². The van der Waals surface area contributed by atoms with Crippen molar-refractivity contribution in [3.05, 3.63) is 70.5 Å². The molecular formula is C19H16ClFN2O3. The fourth-order valence-corrected chi connectivity index (χ4v) is 3.06. The average molecular weight is 375 g/mol. The van der Waals surface area contributed by atoms with Gasteiger partial charge in [0.05, 0.1) is 16.3 Å². The Morgan fingerprint density at radius 1 is 1.31 bits per heavy atom. The zero-order valence-corrected chi connectivity index (χ0v) is 14.9. The fraction of sp³-hybridized carbons (Fsp3) is 0.211. The van der Waals surface area contributed by atoms with Crippen LogP contribution < -0.4 is 4.90 Å². The number of aromatic nitrogens is 1. The molecule has 26 heavy (non-hydrogen) atoms. The lowest BCUT2D eigenvalue weighted by atomic mass is 9.93. The van der Waals surface area contributed by atoms with E-state index in [1.807, 2.05) is 0 Å². The van der Waals surface area contributed by atoms with Crippen molar-refractivity contribution in [1.29, 1.82) is 0 Å². The third-order valence-corrected chi connectivity index (χ3v) is 4.44. The molecule has 1 aromatic carbocycles. The van der Waals surface area contributed by atoms with Gasteiger partial charge in [-0.1, -0.05) is 31.5 Å². The number of hydrogen-bond donors (Lipinski definition) is 1. The van der Waals surface area contributed by atoms with Gasteiger partial charge in [-0.3, -0.25) is 19.5 Å². The molecule has 1 amide bonds. The summed E-state index contributed by atoms with van der Waals surface area (Å²) in [6.07, 6.45) is 1.53. The number of Topliss-reactive ketones (excluding diaryl/α,β-unsaturated/α-hetero) is 1. The van der Waals surface area contributed by atoms with E-state index < -0.39 is 29.4 Å². The molecule has 1 aliphatic rings. The lowest BCUT2D eigenvalue weighted by Gasteiger charge is -2.26. The van der Waals surface area contributed by atoms with E-state index >= 15 is 0 Å². The minimum Gasteiger partial charge on any atom is -0.503 e. The van der Waals surface area contributed by atoms with Gasteiger partial charge < -0.3 is 5.11 Å². The Bertz CT molecular complexity index is 912. The number of carbonyl (C=O) groups is 2. The van der Waals surface area contributed by atoms with Crippen LogP contribution in [0.15, 0.2) is 53.9 Å². The van der Waals surface area contributed by atoms with Gasteiger partial charge in [0.1, 0.15) is 11.9 Å². The van der Waals surface area contributed by atoms with Gasteiger partial charge >= 0.3 is 0 Å². The molecule has 0 saturated heterocycles. The van der Waals surface area contributed by atoms with Crippen molar-refractivity contribution in [1.82, 2.24) is 4.98 Å². The molecular weight excluding hydrogens is 359 g/mol. The highest BCUT2D eigenvalue weighted by atomic mass is 35.5. The van der Waals surface area contributed by atoms with Crippen LogP contribution in [0.1, 0.15) is 25.6 Å². The summed E-state index contributed by atoms with van der Waals surface area (Å²) in [6, 6.07) is 7.93. The molecule has 2 aromatic rings. The molecule has 1 aromatic heterocycles. The van der Waals surface area contributed by atoms with E-state index in [9.17, 15) is 19.1 Å². The quantitative estimate of drug-likeness (QED) is 0.878. The predicted octanol–water partition coefficient (Wildman–Crippen LogP) is 4.00. The number of amides is 1. The number of ketones is 1. The van der Waals surface area contributed by atoms with Gasteiger partial charge in [0.25, 0.3) is 5.91 Å². The molecule has 7 heteroatoms. The maximum absolute atomic E-state index is 13.5. The minimum atomic E-state index is -0.917. The number of carbonyl (C=O) groups excluding carboxylic acids is 2. The lowest BCUT2D eigenvalue weighted by Crippen LogP contribution is -2.32. The minimum absolute atomic E-state index is 0.0239. The van der Waals surface area contributed by atoms with Crippen LogP contribution in [-0.4, -0.2) is 21.8 Å². The van der Waals surface area contributed by atoms with Crippen LogP contribution in [0, 0.1) is 11.7 Å². The van der Waals surface area contributed by atoms with Crippen LogP contribution in [0.25, 0.3) is 0 Å². The van der Waals surface area contributed by atoms with Crippen molar-refractivity contribution in [2.24, 2.45) is 5.92 Å². The first-order valence-electron chi connectivity index (χ1n) is 7.99. The Morgan fingerprint density at radius 2 is 2.04 bits per heavy atom. The van der Waals surface area contributed by atoms with E-state index in [1.165, 1.54) is 23.2 Å². The number of benzene rings is 1. The molecule has 1 unspecified atom stereocenters. The maximum Gasteiger partial charge on any atom is 0.294 e. The van der Waals surface area contributed by atoms with Crippen molar-refractivity contribution in [2.75, 3.05) is 4.90 Å². The molecule has 5 nitrogen and oxygen atoms in total. The number of aliphatic hydroxyl groups is 1. The highest BCUT2D eigenvalue weighted by Crippen LogP contribution is 2.41. The highest BCUT2D eigenvalue weighted by molar-refractivity contribution is 6.31. The van der Waals surface area contributed by atoms with Gasteiger partial charge in [-0.2, -0.15) is 0 Å². The highest BCUT2D eigenvalue weighted by Gasteiger charge is 2.45. The van der Waals surface area contributed by atoms with E-state index in [1.54, 1.807) is 32.0 Å². The van der Waals surface area contributed by atoms with Crippen LogP contribution in [-0.2, 0) is 9.59 Å². The normalized spacial score (nSPS) is 17.3. The van der Waals surface area contributed by atoms with E-state index in [4.69, 9.17) is 11.6 Å². The first-order chi connectivity index (χ1) is 12.3. The predicted molar refractivity (Wildman–Crippen MR) is 95.4 cm³/mol. The van der Waals surface area contributed by atoms with Crippen LogP contribution in [0.5, 0.6) is 0 Å². The molecule has 1 aliphatic heterocycles. The van der Waals surface area contributed by atoms with Crippen LogP contribution in [0.4, 0.5) is 10.1 Å². The summed E-state index contributed by atoms with van der Waals surface area (Å²) in [5.74, 6) is -2.80. The third-order valence-electron chi connectivity index (χ3n) is 4.15. The molecule has 3 rings (SSSR count). The zero-order chi connectivity index (χ0) is 19.0. The molecule has 0 radical (unpaired) electrons. The number of aliphatic hydroxyl groups excluding tert-OH is 1. The van der Waals surface area contributed by atoms with Gasteiger partial charge in [0, 0.05) is 17.8 Å². The second-order valence-electron chi connectivity index (χ2n) is 6.21. The van der Waals surface area contributed by atoms with E-state index in [0.717, 1.165) is 6.07 Å². The zero-order valence-electron chi connectivity index (χ0n) is 14.1. The summed E-state index contributed by atoms with van der Waals surface area (Å²) in [4.78, 5) is 30.8. The van der Waals surface area contributed by atoms with Gasteiger partial charge in [-0.25, -0.2) is 4.39 Å². The Morgan fingerprint density at radius 3 is 2.62 bits per heavy atom. The van der Waals surface area contributed by atoms with Crippen LogP contribution in [0.3, 0.4) is 0 Å². The standard InChI is InChI=1S/C19H16ClFN2O3/c1-10(2)17(24)15-16(14-5-3-4-8-22-14)23(19(26)18(15)25)11-6-7-13(21)12(20)9-11/h3-10,16,25H,1-2H3. The van der Waals surface area contributed by atoms with Crippen molar-refractivity contribution in [3.8, 4) is 0 Å². The van der Waals surface area contributed by atoms with Gasteiger partial charge in [0.15, 0.2) is 11.5 Å². The lowest BCUT2D eigenvalue weighted by molar-refractivity contribution is -0.119. The molecule has 0 bridgehead atoms. The molecule has 0 fully saturated rings. The summed E-state index contributed by atoms with van der Waals surface area (Å²) in [6.45, 7) is 3.36. The second kappa shape index (κ2) is 6.88. The molecule has 1 N–H and O–H groups in total.